The highest BCUT2D eigenvalue weighted by Gasteiger charge is 2.13. The van der Waals surface area contributed by atoms with Gasteiger partial charge in [0, 0.05) is 5.56 Å². The molecule has 1 aliphatic rings. The van der Waals surface area contributed by atoms with Crippen LogP contribution in [0.25, 0.3) is 0 Å². The third kappa shape index (κ3) is 4.02. The Balaban J connectivity index is 0.00000144. The molecule has 0 saturated carbocycles. The first-order valence-electron chi connectivity index (χ1n) is 5.85. The SMILES string of the molecule is Cl.NC(=O)c1cccc(CC2CCNCC2)c1. The normalized spacial score (nSPS) is 16.2. The van der Waals surface area contributed by atoms with Gasteiger partial charge in [0.15, 0.2) is 0 Å². The fraction of sp³-hybridized carbons (Fsp3) is 0.462. The summed E-state index contributed by atoms with van der Waals surface area (Å²) in [5.41, 5.74) is 7.11. The van der Waals surface area contributed by atoms with Crippen molar-refractivity contribution in [2.24, 2.45) is 11.7 Å². The van der Waals surface area contributed by atoms with E-state index in [0.717, 1.165) is 25.4 Å². The van der Waals surface area contributed by atoms with Crippen LogP contribution in [0.15, 0.2) is 24.3 Å². The van der Waals surface area contributed by atoms with Crippen LogP contribution in [0, 0.1) is 5.92 Å². The number of nitrogens with two attached hydrogens (primary N) is 1. The molecule has 1 saturated heterocycles. The first kappa shape index (κ1) is 14.0. The molecule has 0 aromatic heterocycles. The first-order valence-corrected chi connectivity index (χ1v) is 5.85. The van der Waals surface area contributed by atoms with Crippen molar-refractivity contribution >= 4 is 18.3 Å². The Kier molecular flexibility index (Phi) is 5.45. The maximum Gasteiger partial charge on any atom is 0.248 e. The fourth-order valence-electron chi connectivity index (χ4n) is 2.27. The largest absolute Gasteiger partial charge is 0.366 e. The van der Waals surface area contributed by atoms with Gasteiger partial charge in [0.1, 0.15) is 0 Å². The van der Waals surface area contributed by atoms with E-state index < -0.39 is 0 Å². The molecule has 3 N–H and O–H groups in total. The molecule has 1 amide bonds. The first-order chi connectivity index (χ1) is 7.75. The van der Waals surface area contributed by atoms with E-state index in [1.807, 2.05) is 12.1 Å². The lowest BCUT2D eigenvalue weighted by atomic mass is 9.90. The van der Waals surface area contributed by atoms with Gasteiger partial charge in [0.25, 0.3) is 0 Å². The zero-order chi connectivity index (χ0) is 11.4. The van der Waals surface area contributed by atoms with Crippen LogP contribution in [0.1, 0.15) is 28.8 Å². The lowest BCUT2D eigenvalue weighted by Gasteiger charge is -2.22. The lowest BCUT2D eigenvalue weighted by Crippen LogP contribution is -2.28. The molecule has 0 aliphatic carbocycles. The third-order valence-electron chi connectivity index (χ3n) is 3.19. The van der Waals surface area contributed by atoms with Crippen molar-refractivity contribution in [3.8, 4) is 0 Å². The van der Waals surface area contributed by atoms with E-state index in [0.29, 0.717) is 5.56 Å². The number of hydrogen-bond acceptors (Lipinski definition) is 2. The van der Waals surface area contributed by atoms with E-state index in [1.165, 1.54) is 18.4 Å². The van der Waals surface area contributed by atoms with Crippen LogP contribution >= 0.6 is 12.4 Å². The Morgan fingerprint density at radius 3 is 2.71 bits per heavy atom. The standard InChI is InChI=1S/C13H18N2O.ClH/c14-13(16)12-3-1-2-11(9-12)8-10-4-6-15-7-5-10;/h1-3,9-10,15H,4-8H2,(H2,14,16);1H. The average Bonchev–Trinajstić information content (AvgIpc) is 2.30. The van der Waals surface area contributed by atoms with Gasteiger partial charge in [-0.1, -0.05) is 12.1 Å². The minimum Gasteiger partial charge on any atom is -0.366 e. The van der Waals surface area contributed by atoms with Crippen molar-refractivity contribution in [2.45, 2.75) is 19.3 Å². The molecule has 1 fully saturated rings. The van der Waals surface area contributed by atoms with Gasteiger partial charge in [-0.2, -0.15) is 0 Å². The summed E-state index contributed by atoms with van der Waals surface area (Å²) in [5.74, 6) is 0.400. The molecule has 0 bridgehead atoms. The molecular formula is C13H19ClN2O. The molecule has 0 unspecified atom stereocenters. The molecule has 1 heterocycles. The number of piperidine rings is 1. The van der Waals surface area contributed by atoms with Crippen molar-refractivity contribution < 1.29 is 4.79 Å². The number of primary amides is 1. The third-order valence-corrected chi connectivity index (χ3v) is 3.19. The van der Waals surface area contributed by atoms with Gasteiger partial charge >= 0.3 is 0 Å². The monoisotopic (exact) mass is 254 g/mol. The highest BCUT2D eigenvalue weighted by atomic mass is 35.5. The molecule has 0 radical (unpaired) electrons. The molecule has 1 aliphatic heterocycles. The number of amides is 1. The van der Waals surface area contributed by atoms with Gasteiger partial charge in [-0.25, -0.2) is 0 Å². The van der Waals surface area contributed by atoms with Gasteiger partial charge in [-0.05, 0) is 56.0 Å². The van der Waals surface area contributed by atoms with E-state index in [4.69, 9.17) is 5.73 Å². The van der Waals surface area contributed by atoms with E-state index in [2.05, 4.69) is 11.4 Å². The summed E-state index contributed by atoms with van der Waals surface area (Å²) >= 11 is 0. The van der Waals surface area contributed by atoms with Crippen molar-refractivity contribution in [2.75, 3.05) is 13.1 Å². The van der Waals surface area contributed by atoms with Crippen LogP contribution in [-0.4, -0.2) is 19.0 Å². The number of nitrogens with one attached hydrogen (secondary N) is 1. The Hall–Kier alpha value is -1.06. The van der Waals surface area contributed by atoms with Gasteiger partial charge in [0.2, 0.25) is 5.91 Å². The van der Waals surface area contributed by atoms with Gasteiger partial charge in [-0.15, -0.1) is 12.4 Å². The minimum absolute atomic E-state index is 0. The van der Waals surface area contributed by atoms with E-state index >= 15 is 0 Å². The molecule has 3 nitrogen and oxygen atoms in total. The molecule has 4 heteroatoms. The molecule has 0 spiro atoms. The molecule has 17 heavy (non-hydrogen) atoms. The highest BCUT2D eigenvalue weighted by Crippen LogP contribution is 2.18. The van der Waals surface area contributed by atoms with Crippen molar-refractivity contribution in [3.63, 3.8) is 0 Å². The minimum atomic E-state index is -0.341. The number of carbonyl (C=O) groups excluding carboxylic acids is 1. The number of rotatable bonds is 3. The van der Waals surface area contributed by atoms with Gasteiger partial charge in [0.05, 0.1) is 0 Å². The smallest absolute Gasteiger partial charge is 0.248 e. The van der Waals surface area contributed by atoms with Gasteiger partial charge < -0.3 is 11.1 Å². The van der Waals surface area contributed by atoms with Crippen LogP contribution < -0.4 is 11.1 Å². The summed E-state index contributed by atoms with van der Waals surface area (Å²) in [6.45, 7) is 2.22. The van der Waals surface area contributed by atoms with E-state index in [-0.39, 0.29) is 18.3 Å². The summed E-state index contributed by atoms with van der Waals surface area (Å²) in [5, 5.41) is 3.36. The Morgan fingerprint density at radius 1 is 1.35 bits per heavy atom. The molecular weight excluding hydrogens is 236 g/mol. The van der Waals surface area contributed by atoms with Crippen LogP contribution in [0.3, 0.4) is 0 Å². The molecule has 0 atom stereocenters. The second-order valence-corrected chi connectivity index (χ2v) is 4.46. The summed E-state index contributed by atoms with van der Waals surface area (Å²) in [6, 6.07) is 7.68. The van der Waals surface area contributed by atoms with E-state index in [9.17, 15) is 4.79 Å². The summed E-state index contributed by atoms with van der Waals surface area (Å²) in [4.78, 5) is 11.1. The number of hydrogen-bond donors (Lipinski definition) is 2. The predicted molar refractivity (Wildman–Crippen MR) is 71.5 cm³/mol. The van der Waals surface area contributed by atoms with Crippen LogP contribution in [0.4, 0.5) is 0 Å². The van der Waals surface area contributed by atoms with Crippen molar-refractivity contribution in [1.29, 1.82) is 0 Å². The molecule has 2 rings (SSSR count). The van der Waals surface area contributed by atoms with Crippen LogP contribution in [-0.2, 0) is 6.42 Å². The second kappa shape index (κ2) is 6.62. The van der Waals surface area contributed by atoms with Crippen LogP contribution in [0.5, 0.6) is 0 Å². The molecule has 1 aromatic carbocycles. The maximum atomic E-state index is 11.1. The van der Waals surface area contributed by atoms with Crippen molar-refractivity contribution in [1.82, 2.24) is 5.32 Å². The highest BCUT2D eigenvalue weighted by molar-refractivity contribution is 5.92. The topological polar surface area (TPSA) is 55.1 Å². The van der Waals surface area contributed by atoms with Crippen molar-refractivity contribution in [3.05, 3.63) is 35.4 Å². The number of carbonyl (C=O) groups is 1. The summed E-state index contributed by atoms with van der Waals surface area (Å²) in [7, 11) is 0. The summed E-state index contributed by atoms with van der Waals surface area (Å²) < 4.78 is 0. The quantitative estimate of drug-likeness (QED) is 0.864. The Bertz CT molecular complexity index is 375. The van der Waals surface area contributed by atoms with Gasteiger partial charge in [-0.3, -0.25) is 4.79 Å². The molecule has 1 aromatic rings. The Labute approximate surface area is 108 Å². The maximum absolute atomic E-state index is 11.1. The Morgan fingerprint density at radius 2 is 2.06 bits per heavy atom. The predicted octanol–water partition coefficient (Wildman–Crippen LogP) is 1.75. The number of halogens is 1. The number of benzene rings is 1. The summed E-state index contributed by atoms with van der Waals surface area (Å²) in [6.07, 6.45) is 3.50. The zero-order valence-corrected chi connectivity index (χ0v) is 10.6. The second-order valence-electron chi connectivity index (χ2n) is 4.46. The lowest BCUT2D eigenvalue weighted by molar-refractivity contribution is 0.1000. The van der Waals surface area contributed by atoms with E-state index in [1.54, 1.807) is 6.07 Å². The zero-order valence-electron chi connectivity index (χ0n) is 9.82. The average molecular weight is 255 g/mol. The van der Waals surface area contributed by atoms with Crippen LogP contribution in [0.2, 0.25) is 0 Å². The fourth-order valence-corrected chi connectivity index (χ4v) is 2.27. The molecule has 94 valence electrons.